The summed E-state index contributed by atoms with van der Waals surface area (Å²) in [4.78, 5) is 34.7. The Morgan fingerprint density at radius 3 is 2.58 bits per heavy atom. The minimum atomic E-state index is -4.49. The SMILES string of the molecule is CC(C)(C)OC(=O)N[C@@H]1C[C@H]2CN(c3ccccc3)C[C@@]2(C(=O)N2CCc3ncc(C(F)(F)F)cc3C2)C1. The molecule has 1 aromatic carbocycles. The van der Waals surface area contributed by atoms with E-state index in [0.717, 1.165) is 18.0 Å². The molecule has 1 aromatic heterocycles. The summed E-state index contributed by atoms with van der Waals surface area (Å²) in [5.41, 5.74) is -0.145. The summed E-state index contributed by atoms with van der Waals surface area (Å²) in [5, 5.41) is 2.96. The minimum absolute atomic E-state index is 0.0174. The lowest BCUT2D eigenvalue weighted by molar-refractivity contribution is -0.143. The van der Waals surface area contributed by atoms with Crippen LogP contribution in [0.5, 0.6) is 0 Å². The first kappa shape index (κ1) is 26.3. The number of carbonyl (C=O) groups is 2. The summed E-state index contributed by atoms with van der Waals surface area (Å²) in [6.45, 7) is 7.02. The average molecular weight is 531 g/mol. The van der Waals surface area contributed by atoms with Crippen LogP contribution in [0.2, 0.25) is 0 Å². The van der Waals surface area contributed by atoms with Crippen molar-refractivity contribution in [1.29, 1.82) is 0 Å². The van der Waals surface area contributed by atoms with Crippen LogP contribution in [0.25, 0.3) is 0 Å². The first-order chi connectivity index (χ1) is 17.8. The molecule has 5 rings (SSSR count). The standard InChI is InChI=1S/C28H33F3N4O3/c1-26(2,3)38-25(37)33-21-12-20-16-35(22-7-5-4-6-8-22)17-27(20,13-21)24(36)34-10-9-23-18(15-34)11-19(14-32-23)28(29,30)31/h4-8,11,14,20-21H,9-10,12-13,15-17H2,1-3H3,(H,33,37)/t20-,21+,27-/m0/s1. The van der Waals surface area contributed by atoms with Crippen LogP contribution >= 0.6 is 0 Å². The molecule has 1 saturated carbocycles. The molecule has 2 amide bonds. The third kappa shape index (κ3) is 5.17. The van der Waals surface area contributed by atoms with Crippen LogP contribution < -0.4 is 10.2 Å². The van der Waals surface area contributed by atoms with Gasteiger partial charge in [0.1, 0.15) is 5.60 Å². The molecule has 1 saturated heterocycles. The highest BCUT2D eigenvalue weighted by molar-refractivity contribution is 5.86. The maximum atomic E-state index is 14.2. The van der Waals surface area contributed by atoms with Gasteiger partial charge in [0.25, 0.3) is 0 Å². The third-order valence-corrected chi connectivity index (χ3v) is 7.80. The van der Waals surface area contributed by atoms with E-state index in [4.69, 9.17) is 4.74 Å². The Kier molecular flexibility index (Phi) is 6.55. The van der Waals surface area contributed by atoms with Gasteiger partial charge in [-0.2, -0.15) is 13.2 Å². The highest BCUT2D eigenvalue weighted by Crippen LogP contribution is 2.51. The average Bonchev–Trinajstić information content (AvgIpc) is 3.36. The van der Waals surface area contributed by atoms with E-state index < -0.39 is 28.8 Å². The molecule has 1 N–H and O–H groups in total. The summed E-state index contributed by atoms with van der Waals surface area (Å²) >= 11 is 0. The quantitative estimate of drug-likeness (QED) is 0.618. The predicted molar refractivity (Wildman–Crippen MR) is 135 cm³/mol. The van der Waals surface area contributed by atoms with Gasteiger partial charge in [0, 0.05) is 56.2 Å². The van der Waals surface area contributed by atoms with Crippen LogP contribution in [0.15, 0.2) is 42.6 Å². The Labute approximate surface area is 220 Å². The molecular formula is C28H33F3N4O3. The maximum Gasteiger partial charge on any atom is 0.417 e. The molecule has 0 radical (unpaired) electrons. The zero-order valence-corrected chi connectivity index (χ0v) is 21.8. The van der Waals surface area contributed by atoms with Crippen molar-refractivity contribution in [1.82, 2.24) is 15.2 Å². The number of alkyl carbamates (subject to hydrolysis) is 1. The van der Waals surface area contributed by atoms with Gasteiger partial charge in [0.2, 0.25) is 5.91 Å². The highest BCUT2D eigenvalue weighted by atomic mass is 19.4. The summed E-state index contributed by atoms with van der Waals surface area (Å²) in [6.07, 6.45) is -2.67. The van der Waals surface area contributed by atoms with Gasteiger partial charge < -0.3 is 19.9 Å². The zero-order valence-electron chi connectivity index (χ0n) is 21.8. The molecule has 7 nitrogen and oxygen atoms in total. The molecule has 3 heterocycles. The third-order valence-electron chi connectivity index (χ3n) is 7.80. The van der Waals surface area contributed by atoms with E-state index in [1.165, 1.54) is 0 Å². The van der Waals surface area contributed by atoms with Gasteiger partial charge in [-0.1, -0.05) is 18.2 Å². The van der Waals surface area contributed by atoms with Crippen LogP contribution in [0.3, 0.4) is 0 Å². The fourth-order valence-electron chi connectivity index (χ4n) is 6.19. The number of nitrogens with one attached hydrogen (secondary N) is 1. The van der Waals surface area contributed by atoms with Gasteiger partial charge in [0.15, 0.2) is 0 Å². The molecule has 3 aliphatic rings. The number of amides is 2. The van der Waals surface area contributed by atoms with Crippen LogP contribution in [-0.4, -0.2) is 53.2 Å². The Morgan fingerprint density at radius 2 is 1.89 bits per heavy atom. The van der Waals surface area contributed by atoms with Gasteiger partial charge in [-0.3, -0.25) is 9.78 Å². The Balaban J connectivity index is 1.39. The van der Waals surface area contributed by atoms with Gasteiger partial charge in [-0.05, 0) is 63.3 Å². The number of nitrogens with zero attached hydrogens (tertiary/aromatic N) is 3. The number of rotatable bonds is 3. The second-order valence-electron chi connectivity index (χ2n) is 11.7. The topological polar surface area (TPSA) is 74.8 Å². The molecular weight excluding hydrogens is 497 g/mol. The monoisotopic (exact) mass is 530 g/mol. The number of hydrogen-bond donors (Lipinski definition) is 1. The Bertz CT molecular complexity index is 1210. The fourth-order valence-corrected chi connectivity index (χ4v) is 6.19. The van der Waals surface area contributed by atoms with E-state index in [2.05, 4.69) is 15.2 Å². The van der Waals surface area contributed by atoms with Crippen molar-refractivity contribution >= 4 is 17.7 Å². The molecule has 0 bridgehead atoms. The van der Waals surface area contributed by atoms with E-state index in [1.807, 2.05) is 30.3 Å². The molecule has 2 fully saturated rings. The zero-order chi connectivity index (χ0) is 27.3. The lowest BCUT2D eigenvalue weighted by Crippen LogP contribution is -2.49. The number of pyridine rings is 1. The number of para-hydroxylation sites is 1. The number of alkyl halides is 3. The molecule has 0 spiro atoms. The van der Waals surface area contributed by atoms with Crippen LogP contribution in [0.4, 0.5) is 23.7 Å². The maximum absolute atomic E-state index is 14.2. The van der Waals surface area contributed by atoms with Crippen molar-refractivity contribution in [3.63, 3.8) is 0 Å². The van der Waals surface area contributed by atoms with Gasteiger partial charge in [-0.15, -0.1) is 0 Å². The lowest BCUT2D eigenvalue weighted by atomic mass is 9.78. The summed E-state index contributed by atoms with van der Waals surface area (Å²) in [7, 11) is 0. The van der Waals surface area contributed by atoms with Crippen molar-refractivity contribution in [2.75, 3.05) is 24.5 Å². The number of anilines is 1. The second-order valence-corrected chi connectivity index (χ2v) is 11.7. The summed E-state index contributed by atoms with van der Waals surface area (Å²) in [5.74, 6) is -0.0892. The summed E-state index contributed by atoms with van der Waals surface area (Å²) in [6, 6.07) is 10.8. The van der Waals surface area contributed by atoms with Crippen molar-refractivity contribution in [2.24, 2.45) is 11.3 Å². The number of aromatic nitrogens is 1. The Hall–Kier alpha value is -3.30. The van der Waals surface area contributed by atoms with Crippen molar-refractivity contribution < 1.29 is 27.5 Å². The minimum Gasteiger partial charge on any atom is -0.444 e. The molecule has 204 valence electrons. The van der Waals surface area contributed by atoms with E-state index in [0.29, 0.717) is 50.2 Å². The number of halogens is 3. The van der Waals surface area contributed by atoms with Crippen LogP contribution in [0.1, 0.15) is 50.4 Å². The molecule has 3 atom stereocenters. The first-order valence-electron chi connectivity index (χ1n) is 13.0. The largest absolute Gasteiger partial charge is 0.444 e. The number of benzene rings is 1. The molecule has 1 aliphatic carbocycles. The van der Waals surface area contributed by atoms with Gasteiger partial charge >= 0.3 is 12.3 Å². The van der Waals surface area contributed by atoms with Crippen LogP contribution in [0, 0.1) is 11.3 Å². The number of hydrogen-bond acceptors (Lipinski definition) is 5. The lowest BCUT2D eigenvalue weighted by Gasteiger charge is -2.37. The van der Waals surface area contributed by atoms with E-state index in [9.17, 15) is 22.8 Å². The number of fused-ring (bicyclic) bond motifs is 2. The van der Waals surface area contributed by atoms with Crippen molar-refractivity contribution in [2.45, 2.75) is 64.4 Å². The van der Waals surface area contributed by atoms with Gasteiger partial charge in [-0.25, -0.2) is 4.79 Å². The molecule has 2 aliphatic heterocycles. The molecule has 2 aromatic rings. The first-order valence-corrected chi connectivity index (χ1v) is 13.0. The molecule has 10 heteroatoms. The van der Waals surface area contributed by atoms with Crippen molar-refractivity contribution in [3.05, 3.63) is 59.4 Å². The predicted octanol–water partition coefficient (Wildman–Crippen LogP) is 4.80. The fraction of sp³-hybridized carbons (Fsp3) is 0.536. The van der Waals surface area contributed by atoms with Crippen LogP contribution in [-0.2, 0) is 28.7 Å². The van der Waals surface area contributed by atoms with Crippen molar-refractivity contribution in [3.8, 4) is 0 Å². The Morgan fingerprint density at radius 1 is 1.16 bits per heavy atom. The van der Waals surface area contributed by atoms with E-state index in [-0.39, 0.29) is 24.4 Å². The number of ether oxygens (including phenoxy) is 1. The van der Waals surface area contributed by atoms with Gasteiger partial charge in [0.05, 0.1) is 11.0 Å². The smallest absolute Gasteiger partial charge is 0.417 e. The second kappa shape index (κ2) is 9.47. The van der Waals surface area contributed by atoms with E-state index >= 15 is 0 Å². The normalized spacial score (nSPS) is 25.1. The summed E-state index contributed by atoms with van der Waals surface area (Å²) < 4.78 is 45.4. The highest BCUT2D eigenvalue weighted by Gasteiger charge is 2.59. The van der Waals surface area contributed by atoms with E-state index in [1.54, 1.807) is 25.7 Å². The molecule has 38 heavy (non-hydrogen) atoms. The molecule has 0 unspecified atom stereocenters. The number of carbonyl (C=O) groups excluding carboxylic acids is 2.